The summed E-state index contributed by atoms with van der Waals surface area (Å²) >= 11 is 3.62. The lowest BCUT2D eigenvalue weighted by atomic mass is 9.97. The number of rotatable bonds is 9. The highest BCUT2D eigenvalue weighted by atomic mass is 79.9. The van der Waals surface area contributed by atoms with Crippen LogP contribution in [0.5, 0.6) is 0 Å². The molecule has 0 rings (SSSR count). The lowest BCUT2D eigenvalue weighted by molar-refractivity contribution is 0.124. The van der Waals surface area contributed by atoms with Gasteiger partial charge in [-0.05, 0) is 17.8 Å². The average Bonchev–Trinajstić information content (AvgIpc) is 2.20. The van der Waals surface area contributed by atoms with Crippen LogP contribution >= 0.6 is 15.9 Å². The van der Waals surface area contributed by atoms with Crippen LogP contribution in [-0.4, -0.2) is 43.6 Å². The first kappa shape index (κ1) is 16.4. The molecule has 98 valence electrons. The van der Waals surface area contributed by atoms with Gasteiger partial charge < -0.3 is 9.64 Å². The van der Waals surface area contributed by atoms with Crippen LogP contribution < -0.4 is 0 Å². The van der Waals surface area contributed by atoms with E-state index < -0.39 is 0 Å². The normalized spacial score (nSPS) is 14.1. The number of hydrogen-bond donors (Lipinski definition) is 0. The molecule has 0 aliphatic heterocycles. The molecule has 0 heterocycles. The summed E-state index contributed by atoms with van der Waals surface area (Å²) in [6.45, 7) is 13.4. The lowest BCUT2D eigenvalue weighted by Gasteiger charge is -2.29. The Bertz CT molecular complexity index is 162. The van der Waals surface area contributed by atoms with E-state index >= 15 is 0 Å². The molecule has 3 heteroatoms. The molecule has 0 aliphatic carbocycles. The van der Waals surface area contributed by atoms with Gasteiger partial charge in [-0.25, -0.2) is 0 Å². The minimum Gasteiger partial charge on any atom is -0.383 e. The van der Waals surface area contributed by atoms with E-state index in [1.54, 1.807) is 7.11 Å². The number of halogens is 1. The van der Waals surface area contributed by atoms with Gasteiger partial charge >= 0.3 is 0 Å². The highest BCUT2D eigenvalue weighted by Crippen LogP contribution is 2.16. The molecule has 0 aliphatic rings. The molecule has 0 aromatic carbocycles. The molecule has 0 saturated carbocycles. The third-order valence-corrected chi connectivity index (χ3v) is 3.70. The molecule has 0 amide bonds. The van der Waals surface area contributed by atoms with Crippen molar-refractivity contribution in [2.45, 2.75) is 27.7 Å². The Balaban J connectivity index is 4.15. The quantitative estimate of drug-likeness (QED) is 0.605. The van der Waals surface area contributed by atoms with E-state index in [1.807, 2.05) is 0 Å². The van der Waals surface area contributed by atoms with Crippen LogP contribution in [0.1, 0.15) is 27.7 Å². The molecule has 0 aromatic rings. The average molecular weight is 294 g/mol. The van der Waals surface area contributed by atoms with Gasteiger partial charge in [-0.1, -0.05) is 43.6 Å². The Morgan fingerprint density at radius 2 is 1.75 bits per heavy atom. The third-order valence-electron chi connectivity index (χ3n) is 2.87. The summed E-state index contributed by atoms with van der Waals surface area (Å²) in [6.07, 6.45) is 0. The predicted octanol–water partition coefficient (Wildman–Crippen LogP) is 3.26. The predicted molar refractivity (Wildman–Crippen MR) is 75.3 cm³/mol. The van der Waals surface area contributed by atoms with Gasteiger partial charge in [0, 0.05) is 32.1 Å². The molecule has 2 nitrogen and oxygen atoms in total. The molecular formula is C13H28BrNO. The first-order valence-corrected chi connectivity index (χ1v) is 7.40. The van der Waals surface area contributed by atoms with E-state index in [0.29, 0.717) is 0 Å². The van der Waals surface area contributed by atoms with E-state index in [-0.39, 0.29) is 0 Å². The molecule has 0 bridgehead atoms. The monoisotopic (exact) mass is 293 g/mol. The molecular weight excluding hydrogens is 266 g/mol. The second kappa shape index (κ2) is 9.43. The lowest BCUT2D eigenvalue weighted by Crippen LogP contribution is -2.37. The maximum atomic E-state index is 5.18. The Labute approximate surface area is 110 Å². The molecule has 0 radical (unpaired) electrons. The number of alkyl halides is 1. The molecule has 0 spiro atoms. The molecule has 1 atom stereocenters. The zero-order valence-electron chi connectivity index (χ0n) is 11.5. The summed E-state index contributed by atoms with van der Waals surface area (Å²) < 4.78 is 5.18. The van der Waals surface area contributed by atoms with Crippen molar-refractivity contribution in [3.8, 4) is 0 Å². The second-order valence-electron chi connectivity index (χ2n) is 5.30. The van der Waals surface area contributed by atoms with Gasteiger partial charge in [0.1, 0.15) is 0 Å². The fraction of sp³-hybridized carbons (Fsp3) is 1.00. The molecule has 0 N–H and O–H groups in total. The zero-order valence-corrected chi connectivity index (χ0v) is 13.1. The topological polar surface area (TPSA) is 12.5 Å². The highest BCUT2D eigenvalue weighted by molar-refractivity contribution is 9.09. The smallest absolute Gasteiger partial charge is 0.0589 e. The summed E-state index contributed by atoms with van der Waals surface area (Å²) in [6, 6.07) is 0. The Hall–Kier alpha value is 0.400. The molecule has 0 aromatic heterocycles. The van der Waals surface area contributed by atoms with Gasteiger partial charge in [0.15, 0.2) is 0 Å². The number of hydrogen-bond acceptors (Lipinski definition) is 2. The van der Waals surface area contributed by atoms with Crippen LogP contribution in [0.15, 0.2) is 0 Å². The summed E-state index contributed by atoms with van der Waals surface area (Å²) in [4.78, 5) is 2.53. The van der Waals surface area contributed by atoms with E-state index in [1.165, 1.54) is 13.1 Å². The minimum absolute atomic E-state index is 0.722. The fourth-order valence-corrected chi connectivity index (χ4v) is 2.72. The highest BCUT2D eigenvalue weighted by Gasteiger charge is 2.17. The van der Waals surface area contributed by atoms with Gasteiger partial charge in [-0.15, -0.1) is 0 Å². The molecule has 1 unspecified atom stereocenters. The van der Waals surface area contributed by atoms with Crippen LogP contribution in [0, 0.1) is 17.8 Å². The van der Waals surface area contributed by atoms with Crippen molar-refractivity contribution in [3.63, 3.8) is 0 Å². The number of nitrogens with zero attached hydrogens (tertiary/aromatic N) is 1. The van der Waals surface area contributed by atoms with Gasteiger partial charge in [-0.3, -0.25) is 0 Å². The fourth-order valence-electron chi connectivity index (χ4n) is 1.76. The van der Waals surface area contributed by atoms with E-state index in [0.717, 1.165) is 36.2 Å². The number of methoxy groups -OCH3 is 1. The standard InChI is InChI=1S/C13H28BrNO/c1-11(2)9-15(6-7-16-5)10-13(8-14)12(3)4/h11-13H,6-10H2,1-5H3. The minimum atomic E-state index is 0.722. The third kappa shape index (κ3) is 7.64. The van der Waals surface area contributed by atoms with Gasteiger partial charge in [0.05, 0.1) is 6.61 Å². The van der Waals surface area contributed by atoms with Crippen molar-refractivity contribution >= 4 is 15.9 Å². The maximum Gasteiger partial charge on any atom is 0.0589 e. The van der Waals surface area contributed by atoms with Crippen LogP contribution in [0.3, 0.4) is 0 Å². The molecule has 16 heavy (non-hydrogen) atoms. The Kier molecular flexibility index (Phi) is 9.67. The van der Waals surface area contributed by atoms with Crippen molar-refractivity contribution in [2.75, 3.05) is 38.7 Å². The maximum absolute atomic E-state index is 5.18. The van der Waals surface area contributed by atoms with Crippen LogP contribution in [-0.2, 0) is 4.74 Å². The van der Waals surface area contributed by atoms with E-state index in [9.17, 15) is 0 Å². The Morgan fingerprint density at radius 3 is 2.12 bits per heavy atom. The van der Waals surface area contributed by atoms with Crippen molar-refractivity contribution < 1.29 is 4.74 Å². The van der Waals surface area contributed by atoms with Crippen LogP contribution in [0.4, 0.5) is 0 Å². The summed E-state index contributed by atoms with van der Waals surface area (Å²) in [5.41, 5.74) is 0. The summed E-state index contributed by atoms with van der Waals surface area (Å²) in [5.74, 6) is 2.19. The van der Waals surface area contributed by atoms with E-state index in [2.05, 4.69) is 48.5 Å². The van der Waals surface area contributed by atoms with Gasteiger partial charge in [0.2, 0.25) is 0 Å². The van der Waals surface area contributed by atoms with Crippen molar-refractivity contribution in [1.82, 2.24) is 4.90 Å². The molecule has 0 saturated heterocycles. The van der Waals surface area contributed by atoms with Gasteiger partial charge in [0.25, 0.3) is 0 Å². The number of ether oxygens (including phenoxy) is 1. The van der Waals surface area contributed by atoms with Crippen LogP contribution in [0.2, 0.25) is 0 Å². The second-order valence-corrected chi connectivity index (χ2v) is 5.95. The largest absolute Gasteiger partial charge is 0.383 e. The SMILES string of the molecule is COCCN(CC(C)C)CC(CBr)C(C)C. The molecule has 0 fully saturated rings. The van der Waals surface area contributed by atoms with Crippen molar-refractivity contribution in [3.05, 3.63) is 0 Å². The summed E-state index contributed by atoms with van der Waals surface area (Å²) in [5, 5.41) is 1.09. The van der Waals surface area contributed by atoms with E-state index in [4.69, 9.17) is 4.74 Å². The first-order chi connectivity index (χ1) is 7.51. The van der Waals surface area contributed by atoms with Crippen molar-refractivity contribution in [1.29, 1.82) is 0 Å². The zero-order chi connectivity index (χ0) is 12.6. The first-order valence-electron chi connectivity index (χ1n) is 6.28. The summed E-state index contributed by atoms with van der Waals surface area (Å²) in [7, 11) is 1.78. The van der Waals surface area contributed by atoms with Crippen LogP contribution in [0.25, 0.3) is 0 Å². The Morgan fingerprint density at radius 1 is 1.12 bits per heavy atom. The van der Waals surface area contributed by atoms with Crippen molar-refractivity contribution in [2.24, 2.45) is 17.8 Å². The van der Waals surface area contributed by atoms with Gasteiger partial charge in [-0.2, -0.15) is 0 Å².